The molecule has 80 valence electrons. The lowest BCUT2D eigenvalue weighted by atomic mass is 10.3. The Morgan fingerprint density at radius 1 is 1.60 bits per heavy atom. The summed E-state index contributed by atoms with van der Waals surface area (Å²) in [7, 11) is 1.51. The molecule has 1 aromatic rings. The molecule has 6 heteroatoms. The number of carbonyl (C=O) groups is 1. The van der Waals surface area contributed by atoms with Crippen molar-refractivity contribution in [3.8, 4) is 5.88 Å². The first kappa shape index (κ1) is 9.85. The molecule has 1 aromatic heterocycles. The van der Waals surface area contributed by atoms with Crippen LogP contribution in [0, 0.1) is 0 Å². The number of nitrogens with two attached hydrogens (primary N) is 1. The number of rotatable bonds is 2. The third kappa shape index (κ3) is 1.89. The molecule has 1 aliphatic heterocycles. The van der Waals surface area contributed by atoms with Crippen molar-refractivity contribution < 1.29 is 9.53 Å². The van der Waals surface area contributed by atoms with Crippen LogP contribution in [0.2, 0.25) is 0 Å². The van der Waals surface area contributed by atoms with Gasteiger partial charge in [-0.25, -0.2) is 0 Å². The molecular weight excluding hydrogens is 196 g/mol. The van der Waals surface area contributed by atoms with Gasteiger partial charge in [-0.2, -0.15) is 4.98 Å². The Morgan fingerprint density at radius 3 is 3.00 bits per heavy atom. The molecular formula is C9H12N4O2. The van der Waals surface area contributed by atoms with Crippen LogP contribution in [0.25, 0.3) is 0 Å². The number of carbonyl (C=O) groups excluding carboxylic acids is 1. The molecule has 6 nitrogen and oxygen atoms in total. The van der Waals surface area contributed by atoms with Gasteiger partial charge in [0, 0.05) is 19.0 Å². The average Bonchev–Trinajstić information content (AvgIpc) is 2.58. The van der Waals surface area contributed by atoms with Gasteiger partial charge in [-0.05, 0) is 0 Å². The van der Waals surface area contributed by atoms with Crippen molar-refractivity contribution in [3.63, 3.8) is 0 Å². The summed E-state index contributed by atoms with van der Waals surface area (Å²) in [5.74, 6) is 0.859. The van der Waals surface area contributed by atoms with Gasteiger partial charge in [0.25, 0.3) is 0 Å². The second kappa shape index (κ2) is 3.82. The fourth-order valence-electron chi connectivity index (χ4n) is 1.52. The third-order valence-corrected chi connectivity index (χ3v) is 2.24. The lowest BCUT2D eigenvalue weighted by Crippen LogP contribution is -2.28. The minimum Gasteiger partial charge on any atom is -0.480 e. The molecule has 1 unspecified atom stereocenters. The van der Waals surface area contributed by atoms with Gasteiger partial charge in [0.2, 0.25) is 11.8 Å². The van der Waals surface area contributed by atoms with Crippen LogP contribution in [0.4, 0.5) is 5.82 Å². The molecule has 2 rings (SSSR count). The fourth-order valence-corrected chi connectivity index (χ4v) is 1.52. The largest absolute Gasteiger partial charge is 0.480 e. The molecule has 0 aliphatic carbocycles. The second-order valence-electron chi connectivity index (χ2n) is 3.39. The van der Waals surface area contributed by atoms with Crippen LogP contribution in [-0.4, -0.2) is 35.6 Å². The Labute approximate surface area is 87.1 Å². The monoisotopic (exact) mass is 208 g/mol. The SMILES string of the molecule is COc1cncc(N2CC(N)CC2=O)n1. The maximum Gasteiger partial charge on any atom is 0.234 e. The van der Waals surface area contributed by atoms with Gasteiger partial charge < -0.3 is 10.5 Å². The van der Waals surface area contributed by atoms with E-state index >= 15 is 0 Å². The summed E-state index contributed by atoms with van der Waals surface area (Å²) in [6.07, 6.45) is 3.38. The van der Waals surface area contributed by atoms with Crippen molar-refractivity contribution in [2.75, 3.05) is 18.6 Å². The molecule has 0 bridgehead atoms. The maximum atomic E-state index is 11.5. The average molecular weight is 208 g/mol. The smallest absolute Gasteiger partial charge is 0.234 e. The van der Waals surface area contributed by atoms with E-state index < -0.39 is 0 Å². The quantitative estimate of drug-likeness (QED) is 0.711. The predicted molar refractivity (Wildman–Crippen MR) is 53.5 cm³/mol. The van der Waals surface area contributed by atoms with Gasteiger partial charge in [-0.15, -0.1) is 0 Å². The highest BCUT2D eigenvalue weighted by molar-refractivity contribution is 5.95. The van der Waals surface area contributed by atoms with Crippen LogP contribution < -0.4 is 15.4 Å². The van der Waals surface area contributed by atoms with Gasteiger partial charge in [0.1, 0.15) is 0 Å². The van der Waals surface area contributed by atoms with Crippen LogP contribution in [0.15, 0.2) is 12.4 Å². The molecule has 15 heavy (non-hydrogen) atoms. The fraction of sp³-hybridized carbons (Fsp3) is 0.444. The van der Waals surface area contributed by atoms with Gasteiger partial charge in [-0.3, -0.25) is 14.7 Å². The van der Waals surface area contributed by atoms with Crippen molar-refractivity contribution in [2.45, 2.75) is 12.5 Å². The summed E-state index contributed by atoms with van der Waals surface area (Å²) >= 11 is 0. The number of ether oxygens (including phenoxy) is 1. The van der Waals surface area contributed by atoms with Crippen molar-refractivity contribution in [1.82, 2.24) is 9.97 Å². The summed E-state index contributed by atoms with van der Waals surface area (Å²) in [5, 5.41) is 0. The molecule has 1 amide bonds. The number of hydrogen-bond donors (Lipinski definition) is 1. The van der Waals surface area contributed by atoms with Crippen LogP contribution in [-0.2, 0) is 4.79 Å². The van der Waals surface area contributed by atoms with Crippen molar-refractivity contribution in [2.24, 2.45) is 5.73 Å². The highest BCUT2D eigenvalue weighted by Crippen LogP contribution is 2.19. The number of anilines is 1. The zero-order chi connectivity index (χ0) is 10.8. The van der Waals surface area contributed by atoms with E-state index in [1.807, 2.05) is 0 Å². The van der Waals surface area contributed by atoms with E-state index in [-0.39, 0.29) is 11.9 Å². The first-order chi connectivity index (χ1) is 7.20. The highest BCUT2D eigenvalue weighted by atomic mass is 16.5. The summed E-state index contributed by atoms with van der Waals surface area (Å²) in [5.41, 5.74) is 5.68. The standard InChI is InChI=1S/C9H12N4O2/c1-15-8-4-11-3-7(12-8)13-5-6(10)2-9(13)14/h3-4,6H,2,5,10H2,1H3. The molecule has 1 atom stereocenters. The van der Waals surface area contributed by atoms with Gasteiger partial charge >= 0.3 is 0 Å². The van der Waals surface area contributed by atoms with Crippen molar-refractivity contribution in [1.29, 1.82) is 0 Å². The minimum atomic E-state index is -0.120. The molecule has 0 spiro atoms. The molecule has 0 saturated carbocycles. The lowest BCUT2D eigenvalue weighted by molar-refractivity contribution is -0.117. The molecule has 2 N–H and O–H groups in total. The number of methoxy groups -OCH3 is 1. The van der Waals surface area contributed by atoms with Crippen LogP contribution in [0.1, 0.15) is 6.42 Å². The van der Waals surface area contributed by atoms with E-state index in [2.05, 4.69) is 9.97 Å². The number of aromatic nitrogens is 2. The summed E-state index contributed by atoms with van der Waals surface area (Å²) < 4.78 is 4.93. The van der Waals surface area contributed by atoms with Crippen molar-refractivity contribution >= 4 is 11.7 Å². The minimum absolute atomic E-state index is 0.0231. The van der Waals surface area contributed by atoms with Gasteiger partial charge in [-0.1, -0.05) is 0 Å². The van der Waals surface area contributed by atoms with E-state index in [4.69, 9.17) is 10.5 Å². The Balaban J connectivity index is 2.25. The molecule has 1 saturated heterocycles. The topological polar surface area (TPSA) is 81.3 Å². The summed E-state index contributed by atoms with van der Waals surface area (Å²) in [6.45, 7) is 0.487. The Bertz CT molecular complexity index is 382. The van der Waals surface area contributed by atoms with E-state index in [0.717, 1.165) is 0 Å². The first-order valence-corrected chi connectivity index (χ1v) is 4.62. The molecule has 1 fully saturated rings. The van der Waals surface area contributed by atoms with Gasteiger partial charge in [0.05, 0.1) is 19.5 Å². The Hall–Kier alpha value is -1.69. The zero-order valence-electron chi connectivity index (χ0n) is 8.38. The van der Waals surface area contributed by atoms with Gasteiger partial charge in [0.15, 0.2) is 5.82 Å². The molecule has 2 heterocycles. The molecule has 0 aromatic carbocycles. The molecule has 1 aliphatic rings. The predicted octanol–water partition coefficient (Wildman–Crippen LogP) is -0.451. The lowest BCUT2D eigenvalue weighted by Gasteiger charge is -2.14. The number of amides is 1. The van der Waals surface area contributed by atoms with E-state index in [1.165, 1.54) is 24.4 Å². The van der Waals surface area contributed by atoms with E-state index in [0.29, 0.717) is 24.7 Å². The summed E-state index contributed by atoms with van der Waals surface area (Å²) in [4.78, 5) is 21.1. The number of nitrogens with zero attached hydrogens (tertiary/aromatic N) is 3. The van der Waals surface area contributed by atoms with Crippen LogP contribution in [0.3, 0.4) is 0 Å². The highest BCUT2D eigenvalue weighted by Gasteiger charge is 2.29. The van der Waals surface area contributed by atoms with Crippen molar-refractivity contribution in [3.05, 3.63) is 12.4 Å². The Kier molecular flexibility index (Phi) is 2.51. The van der Waals surface area contributed by atoms with E-state index in [1.54, 1.807) is 0 Å². The normalized spacial score (nSPS) is 20.8. The third-order valence-electron chi connectivity index (χ3n) is 2.24. The second-order valence-corrected chi connectivity index (χ2v) is 3.39. The Morgan fingerprint density at radius 2 is 2.40 bits per heavy atom. The number of hydrogen-bond acceptors (Lipinski definition) is 5. The van der Waals surface area contributed by atoms with Crippen LogP contribution >= 0.6 is 0 Å². The zero-order valence-corrected chi connectivity index (χ0v) is 8.38. The molecule has 0 radical (unpaired) electrons. The summed E-state index contributed by atoms with van der Waals surface area (Å²) in [6, 6.07) is -0.120. The first-order valence-electron chi connectivity index (χ1n) is 4.62. The van der Waals surface area contributed by atoms with E-state index in [9.17, 15) is 4.79 Å². The maximum absolute atomic E-state index is 11.5. The van der Waals surface area contributed by atoms with Crippen LogP contribution in [0.5, 0.6) is 5.88 Å².